The Hall–Kier alpha value is -3.33. The molecule has 0 fully saturated rings. The minimum Gasteiger partial charge on any atom is -0.756 e. The summed E-state index contributed by atoms with van der Waals surface area (Å²) in [6.07, 6.45) is 72.9. The first-order chi connectivity index (χ1) is 35.0. The van der Waals surface area contributed by atoms with Crippen LogP contribution in [0, 0.1) is 0 Å². The standard InChI is InChI=1S/C62H106NO8P/c1-6-8-10-12-14-16-18-19-20-21-22-23-24-25-26-27-28-29-30-31-32-33-34-35-36-37-38-39-40-41-42-43-45-47-49-51-53-55-62(65)71-60(59-70-72(66,67)69-57-56-63(3,4)5)58-68-61(64)54-52-50-48-46-44-17-15-13-11-9-7-2/h8,10,14,16,19-20,22-23,25-26,28-29,31-32,34-35,37-38,60H,6-7,9,11-13,15,17-18,21,24,27,30,33,36,39-59H2,1-5H3/b10-8-,16-14-,20-19-,23-22-,26-25-,29-28-,32-31-,35-34-,38-37-. The Balaban J connectivity index is 4.09. The van der Waals surface area contributed by atoms with Crippen molar-refractivity contribution in [3.8, 4) is 0 Å². The molecule has 0 heterocycles. The lowest BCUT2D eigenvalue weighted by Crippen LogP contribution is -2.37. The van der Waals surface area contributed by atoms with Gasteiger partial charge in [-0.3, -0.25) is 14.2 Å². The molecule has 412 valence electrons. The minimum absolute atomic E-state index is 0.0356. The Morgan fingerprint density at radius 2 is 0.792 bits per heavy atom. The highest BCUT2D eigenvalue weighted by Crippen LogP contribution is 2.38. The molecule has 0 amide bonds. The fourth-order valence-corrected chi connectivity index (χ4v) is 8.14. The lowest BCUT2D eigenvalue weighted by Gasteiger charge is -2.28. The molecule has 10 heteroatoms. The summed E-state index contributed by atoms with van der Waals surface area (Å²) >= 11 is 0. The summed E-state index contributed by atoms with van der Waals surface area (Å²) in [5.41, 5.74) is 0. The second-order valence-corrected chi connectivity index (χ2v) is 21.3. The molecule has 0 rings (SSSR count). The maximum absolute atomic E-state index is 12.8. The van der Waals surface area contributed by atoms with E-state index in [1.54, 1.807) is 0 Å². The second kappa shape index (κ2) is 52.5. The Morgan fingerprint density at radius 3 is 1.18 bits per heavy atom. The number of nitrogens with zero attached hydrogens (tertiary/aromatic N) is 1. The van der Waals surface area contributed by atoms with E-state index in [-0.39, 0.29) is 32.0 Å². The number of allylic oxidation sites excluding steroid dienone is 18. The van der Waals surface area contributed by atoms with Gasteiger partial charge in [0.2, 0.25) is 0 Å². The van der Waals surface area contributed by atoms with E-state index < -0.39 is 26.5 Å². The smallest absolute Gasteiger partial charge is 0.306 e. The van der Waals surface area contributed by atoms with Crippen molar-refractivity contribution in [1.29, 1.82) is 0 Å². The van der Waals surface area contributed by atoms with Gasteiger partial charge in [0.25, 0.3) is 7.82 Å². The Morgan fingerprint density at radius 1 is 0.444 bits per heavy atom. The van der Waals surface area contributed by atoms with Gasteiger partial charge < -0.3 is 27.9 Å². The average Bonchev–Trinajstić information content (AvgIpc) is 3.34. The molecule has 0 aliphatic carbocycles. The van der Waals surface area contributed by atoms with Gasteiger partial charge in [0.15, 0.2) is 6.10 Å². The number of hydrogen-bond acceptors (Lipinski definition) is 8. The molecule has 0 N–H and O–H groups in total. The summed E-state index contributed by atoms with van der Waals surface area (Å²) in [5, 5.41) is 0. The summed E-state index contributed by atoms with van der Waals surface area (Å²) in [6.45, 7) is 4.09. The summed E-state index contributed by atoms with van der Waals surface area (Å²) < 4.78 is 34.0. The van der Waals surface area contributed by atoms with Crippen molar-refractivity contribution >= 4 is 19.8 Å². The topological polar surface area (TPSA) is 111 Å². The number of unbranched alkanes of at least 4 members (excludes halogenated alkanes) is 19. The summed E-state index contributed by atoms with van der Waals surface area (Å²) in [7, 11) is 1.15. The van der Waals surface area contributed by atoms with E-state index in [4.69, 9.17) is 18.5 Å². The molecule has 0 spiro atoms. The van der Waals surface area contributed by atoms with E-state index >= 15 is 0 Å². The van der Waals surface area contributed by atoms with Crippen LogP contribution in [0.1, 0.15) is 219 Å². The van der Waals surface area contributed by atoms with Gasteiger partial charge in [-0.1, -0.05) is 232 Å². The highest BCUT2D eigenvalue weighted by Gasteiger charge is 2.21. The Bertz CT molecular complexity index is 1580. The number of carbonyl (C=O) groups is 2. The van der Waals surface area contributed by atoms with E-state index in [9.17, 15) is 19.0 Å². The van der Waals surface area contributed by atoms with Crippen molar-refractivity contribution in [2.45, 2.75) is 225 Å². The third-order valence-corrected chi connectivity index (χ3v) is 12.8. The van der Waals surface area contributed by atoms with Crippen LogP contribution in [-0.2, 0) is 32.7 Å². The Kier molecular flexibility index (Phi) is 50.1. The predicted octanol–water partition coefficient (Wildman–Crippen LogP) is 17.2. The van der Waals surface area contributed by atoms with Gasteiger partial charge in [-0.2, -0.15) is 0 Å². The lowest BCUT2D eigenvalue weighted by molar-refractivity contribution is -0.870. The van der Waals surface area contributed by atoms with E-state index in [2.05, 4.69) is 123 Å². The highest BCUT2D eigenvalue weighted by atomic mass is 31.2. The number of carbonyl (C=O) groups excluding carboxylic acids is 2. The monoisotopic (exact) mass is 1020 g/mol. The first-order valence-electron chi connectivity index (χ1n) is 28.6. The van der Waals surface area contributed by atoms with E-state index in [1.807, 2.05) is 21.1 Å². The molecule has 0 saturated heterocycles. The molecular weight excluding hydrogens is 918 g/mol. The van der Waals surface area contributed by atoms with Gasteiger partial charge >= 0.3 is 11.9 Å². The van der Waals surface area contributed by atoms with E-state index in [0.717, 1.165) is 103 Å². The van der Waals surface area contributed by atoms with Crippen molar-refractivity contribution in [1.82, 2.24) is 0 Å². The van der Waals surface area contributed by atoms with Gasteiger partial charge in [-0.15, -0.1) is 0 Å². The second-order valence-electron chi connectivity index (χ2n) is 19.9. The maximum Gasteiger partial charge on any atom is 0.306 e. The van der Waals surface area contributed by atoms with E-state index in [1.165, 1.54) is 83.5 Å². The van der Waals surface area contributed by atoms with Gasteiger partial charge in [-0.05, 0) is 83.5 Å². The van der Waals surface area contributed by atoms with Crippen LogP contribution >= 0.6 is 7.82 Å². The quantitative estimate of drug-likeness (QED) is 0.0195. The fraction of sp³-hybridized carbons (Fsp3) is 0.677. The molecule has 0 aromatic heterocycles. The first kappa shape index (κ1) is 68.7. The molecule has 0 bridgehead atoms. The molecule has 2 unspecified atom stereocenters. The first-order valence-corrected chi connectivity index (χ1v) is 30.1. The van der Waals surface area contributed by atoms with Crippen molar-refractivity contribution in [3.05, 3.63) is 109 Å². The third-order valence-electron chi connectivity index (χ3n) is 11.8. The average molecular weight is 1020 g/mol. The number of hydrogen-bond donors (Lipinski definition) is 0. The highest BCUT2D eigenvalue weighted by molar-refractivity contribution is 7.45. The van der Waals surface area contributed by atoms with Gasteiger partial charge in [0.05, 0.1) is 27.7 Å². The van der Waals surface area contributed by atoms with E-state index in [0.29, 0.717) is 17.4 Å². The van der Waals surface area contributed by atoms with Crippen LogP contribution in [-0.4, -0.2) is 70.0 Å². The number of phosphoric ester groups is 1. The molecule has 2 atom stereocenters. The van der Waals surface area contributed by atoms with Crippen molar-refractivity contribution < 1.29 is 42.1 Å². The molecule has 0 aliphatic heterocycles. The van der Waals surface area contributed by atoms with Crippen LogP contribution in [0.15, 0.2) is 109 Å². The number of esters is 2. The lowest BCUT2D eigenvalue weighted by atomic mass is 10.1. The number of quaternary nitrogens is 1. The molecule has 9 nitrogen and oxygen atoms in total. The number of likely N-dealkylation sites (N-methyl/N-ethyl adjacent to an activating group) is 1. The summed E-state index contributed by atoms with van der Waals surface area (Å²) in [4.78, 5) is 37.7. The molecule has 72 heavy (non-hydrogen) atoms. The normalized spacial score (nSPS) is 14.1. The van der Waals surface area contributed by atoms with Crippen LogP contribution in [0.3, 0.4) is 0 Å². The maximum atomic E-state index is 12.8. The number of ether oxygens (including phenoxy) is 2. The van der Waals surface area contributed by atoms with Crippen molar-refractivity contribution in [2.75, 3.05) is 47.5 Å². The zero-order chi connectivity index (χ0) is 52.7. The molecule has 0 aliphatic rings. The van der Waals surface area contributed by atoms with Gasteiger partial charge in [-0.25, -0.2) is 0 Å². The van der Waals surface area contributed by atoms with Crippen molar-refractivity contribution in [2.24, 2.45) is 0 Å². The molecule has 0 aromatic carbocycles. The minimum atomic E-state index is -4.64. The van der Waals surface area contributed by atoms with Crippen molar-refractivity contribution in [3.63, 3.8) is 0 Å². The van der Waals surface area contributed by atoms with Crippen LogP contribution in [0.4, 0.5) is 0 Å². The van der Waals surface area contributed by atoms with Crippen LogP contribution in [0.2, 0.25) is 0 Å². The van der Waals surface area contributed by atoms with Crippen LogP contribution in [0.25, 0.3) is 0 Å². The van der Waals surface area contributed by atoms with Gasteiger partial charge in [0, 0.05) is 12.8 Å². The fourth-order valence-electron chi connectivity index (χ4n) is 7.41. The SMILES string of the molecule is CC/C=C\C/C=C\C/C=C\C/C=C\C/C=C\C/C=C\C/C=C\C/C=C\C/C=C\CCCCCCCCCCCC(=O)OC(COC(=O)CCCCCCCCCCCCC)COP(=O)([O-])OCC[N+](C)(C)C. The number of rotatable bonds is 51. The van der Waals surface area contributed by atoms with Gasteiger partial charge in [0.1, 0.15) is 19.8 Å². The van der Waals surface area contributed by atoms with Crippen LogP contribution in [0.5, 0.6) is 0 Å². The molecule has 0 saturated carbocycles. The zero-order valence-corrected chi connectivity index (χ0v) is 47.5. The summed E-state index contributed by atoms with van der Waals surface area (Å²) in [5.74, 6) is -0.845. The third kappa shape index (κ3) is 56.0. The molecule has 0 radical (unpaired) electrons. The number of phosphoric acid groups is 1. The zero-order valence-electron chi connectivity index (χ0n) is 46.6. The largest absolute Gasteiger partial charge is 0.756 e. The predicted molar refractivity (Wildman–Crippen MR) is 305 cm³/mol. The molecular formula is C62H106NO8P. The molecule has 0 aromatic rings. The Labute approximate surface area is 442 Å². The van der Waals surface area contributed by atoms with Crippen LogP contribution < -0.4 is 4.89 Å². The summed E-state index contributed by atoms with van der Waals surface area (Å²) in [6, 6.07) is 0.